The topological polar surface area (TPSA) is 64.3 Å². The van der Waals surface area contributed by atoms with E-state index in [-0.39, 0.29) is 6.04 Å². The van der Waals surface area contributed by atoms with E-state index in [1.807, 2.05) is 32.9 Å². The van der Waals surface area contributed by atoms with Crippen LogP contribution < -0.4 is 11.1 Å². The van der Waals surface area contributed by atoms with Gasteiger partial charge in [0.05, 0.1) is 0 Å². The number of ether oxygens (including phenoxy) is 1. The number of anilines is 1. The molecule has 1 aromatic rings. The van der Waals surface area contributed by atoms with Crippen LogP contribution in [0.25, 0.3) is 0 Å². The smallest absolute Gasteiger partial charge is 0.412 e. The summed E-state index contributed by atoms with van der Waals surface area (Å²) in [5, 5.41) is 3.29. The third kappa shape index (κ3) is 3.85. The number of carbonyl (C=O) groups is 1. The summed E-state index contributed by atoms with van der Waals surface area (Å²) in [4.78, 5) is 11.6. The van der Waals surface area contributed by atoms with Crippen molar-refractivity contribution < 1.29 is 9.53 Å². The van der Waals surface area contributed by atoms with Gasteiger partial charge >= 0.3 is 6.09 Å². The van der Waals surface area contributed by atoms with Crippen LogP contribution in [0, 0.1) is 0 Å². The first-order valence-corrected chi connectivity index (χ1v) is 6.69. The highest BCUT2D eigenvalue weighted by Crippen LogP contribution is 2.42. The molecule has 3 N–H and O–H groups in total. The van der Waals surface area contributed by atoms with Gasteiger partial charge in [-0.15, -0.1) is 0 Å². The molecule has 5 heteroatoms. The fourth-order valence-electron chi connectivity index (χ4n) is 1.90. The maximum Gasteiger partial charge on any atom is 0.412 e. The van der Waals surface area contributed by atoms with E-state index in [2.05, 4.69) is 5.32 Å². The fourth-order valence-corrected chi connectivity index (χ4v) is 2.22. The third-order valence-corrected chi connectivity index (χ3v) is 3.21. The van der Waals surface area contributed by atoms with Crippen LogP contribution >= 0.6 is 11.6 Å². The second-order valence-corrected chi connectivity index (χ2v) is 6.28. The highest BCUT2D eigenvalue weighted by atomic mass is 35.5. The molecule has 0 aliphatic heterocycles. The minimum atomic E-state index is -0.519. The van der Waals surface area contributed by atoms with E-state index in [4.69, 9.17) is 22.1 Å². The second-order valence-electron chi connectivity index (χ2n) is 5.87. The fraction of sp³-hybridized carbons (Fsp3) is 0.500. The number of nitrogens with two attached hydrogens (primary N) is 1. The predicted octanol–water partition coefficient (Wildman–Crippen LogP) is 3.50. The van der Waals surface area contributed by atoms with Crippen LogP contribution in [0.5, 0.6) is 0 Å². The number of carbonyl (C=O) groups excluding carboxylic acids is 1. The van der Waals surface area contributed by atoms with Gasteiger partial charge in [0.2, 0.25) is 0 Å². The van der Waals surface area contributed by atoms with Crippen LogP contribution in [-0.4, -0.2) is 17.7 Å². The molecule has 1 saturated carbocycles. The monoisotopic (exact) mass is 282 g/mol. The molecule has 0 spiro atoms. The zero-order chi connectivity index (χ0) is 14.2. The van der Waals surface area contributed by atoms with Crippen molar-refractivity contribution in [2.45, 2.75) is 44.8 Å². The van der Waals surface area contributed by atoms with Gasteiger partial charge in [0.1, 0.15) is 5.60 Å². The minimum Gasteiger partial charge on any atom is -0.444 e. The lowest BCUT2D eigenvalue weighted by atomic mass is 10.1. The van der Waals surface area contributed by atoms with Gasteiger partial charge < -0.3 is 10.5 Å². The summed E-state index contributed by atoms with van der Waals surface area (Å²) in [5.41, 5.74) is 6.96. The van der Waals surface area contributed by atoms with Crippen molar-refractivity contribution in [2.75, 3.05) is 5.32 Å². The predicted molar refractivity (Wildman–Crippen MR) is 76.6 cm³/mol. The third-order valence-electron chi connectivity index (χ3n) is 2.89. The van der Waals surface area contributed by atoms with Gasteiger partial charge in [-0.1, -0.05) is 17.7 Å². The number of benzene rings is 1. The van der Waals surface area contributed by atoms with Crippen LogP contribution in [0.15, 0.2) is 18.2 Å². The van der Waals surface area contributed by atoms with Gasteiger partial charge in [0.15, 0.2) is 0 Å². The average Bonchev–Trinajstić information content (AvgIpc) is 2.92. The number of rotatable bonds is 2. The highest BCUT2D eigenvalue weighted by Gasteiger charge is 2.36. The molecule has 1 amide bonds. The number of nitrogens with one attached hydrogen (secondary N) is 1. The molecule has 0 saturated heterocycles. The van der Waals surface area contributed by atoms with Crippen LogP contribution in [0.3, 0.4) is 0 Å². The number of halogens is 1. The van der Waals surface area contributed by atoms with Crippen molar-refractivity contribution in [2.24, 2.45) is 5.73 Å². The number of hydrogen-bond donors (Lipinski definition) is 2. The number of amides is 1. The lowest BCUT2D eigenvalue weighted by Gasteiger charge is -2.19. The quantitative estimate of drug-likeness (QED) is 0.872. The normalized spacial score (nSPS) is 21.9. The summed E-state index contributed by atoms with van der Waals surface area (Å²) in [7, 11) is 0. The van der Waals surface area contributed by atoms with E-state index >= 15 is 0 Å². The molecule has 2 atom stereocenters. The van der Waals surface area contributed by atoms with Gasteiger partial charge in [-0.05, 0) is 44.9 Å². The van der Waals surface area contributed by atoms with E-state index in [1.54, 1.807) is 6.07 Å². The Morgan fingerprint density at radius 3 is 2.58 bits per heavy atom. The summed E-state index contributed by atoms with van der Waals surface area (Å²) in [6.07, 6.45) is 0.484. The van der Waals surface area contributed by atoms with Crippen LogP contribution in [0.4, 0.5) is 10.5 Å². The maximum atomic E-state index is 11.6. The van der Waals surface area contributed by atoms with E-state index in [0.717, 1.165) is 12.0 Å². The standard InChI is InChI=1S/C14H19ClN2O2/c1-14(2,3)19-13(18)17-8-4-5-9(11(15)6-8)10-7-12(10)16/h4-6,10,12H,7,16H2,1-3H3,(H,17,18)/t10-,12+/m0/s1. The molecule has 1 fully saturated rings. The van der Waals surface area contributed by atoms with Gasteiger partial charge in [-0.3, -0.25) is 5.32 Å². The van der Waals surface area contributed by atoms with Crippen LogP contribution in [0.2, 0.25) is 5.02 Å². The van der Waals surface area contributed by atoms with Crippen molar-refractivity contribution in [3.05, 3.63) is 28.8 Å². The number of hydrogen-bond acceptors (Lipinski definition) is 3. The Labute approximate surface area is 118 Å². The summed E-state index contributed by atoms with van der Waals surface area (Å²) >= 11 is 6.20. The van der Waals surface area contributed by atoms with Gasteiger partial charge in [-0.2, -0.15) is 0 Å². The largest absolute Gasteiger partial charge is 0.444 e. The van der Waals surface area contributed by atoms with Crippen molar-refractivity contribution in [1.29, 1.82) is 0 Å². The van der Waals surface area contributed by atoms with Crippen molar-refractivity contribution in [3.8, 4) is 0 Å². The molecule has 1 aromatic carbocycles. The molecule has 0 aromatic heterocycles. The molecule has 1 aliphatic carbocycles. The van der Waals surface area contributed by atoms with Gasteiger partial charge in [0, 0.05) is 22.7 Å². The van der Waals surface area contributed by atoms with Gasteiger partial charge in [0.25, 0.3) is 0 Å². The molecular weight excluding hydrogens is 264 g/mol. The Morgan fingerprint density at radius 1 is 1.47 bits per heavy atom. The second kappa shape index (κ2) is 5.02. The molecule has 1 aliphatic rings. The Hall–Kier alpha value is -1.26. The summed E-state index contributed by atoms with van der Waals surface area (Å²) in [5.74, 6) is 0.350. The summed E-state index contributed by atoms with van der Waals surface area (Å²) in [6, 6.07) is 5.66. The zero-order valence-corrected chi connectivity index (χ0v) is 12.1. The lowest BCUT2D eigenvalue weighted by Crippen LogP contribution is -2.27. The Bertz CT molecular complexity index is 497. The average molecular weight is 283 g/mol. The first-order valence-electron chi connectivity index (χ1n) is 6.31. The van der Waals surface area contributed by atoms with Crippen LogP contribution in [-0.2, 0) is 4.74 Å². The van der Waals surface area contributed by atoms with E-state index < -0.39 is 11.7 Å². The van der Waals surface area contributed by atoms with E-state index in [1.165, 1.54) is 0 Å². The SMILES string of the molecule is CC(C)(C)OC(=O)Nc1ccc([C@@H]2C[C@H]2N)c(Cl)c1. The lowest BCUT2D eigenvalue weighted by molar-refractivity contribution is 0.0636. The van der Waals surface area contributed by atoms with E-state index in [9.17, 15) is 4.79 Å². The summed E-state index contributed by atoms with van der Waals surface area (Å²) in [6.45, 7) is 5.45. The summed E-state index contributed by atoms with van der Waals surface area (Å²) < 4.78 is 5.18. The molecule has 104 valence electrons. The zero-order valence-electron chi connectivity index (χ0n) is 11.4. The molecule has 4 nitrogen and oxygen atoms in total. The van der Waals surface area contributed by atoms with Crippen molar-refractivity contribution >= 4 is 23.4 Å². The molecule has 19 heavy (non-hydrogen) atoms. The molecule has 2 rings (SSSR count). The first-order chi connectivity index (χ1) is 8.76. The van der Waals surface area contributed by atoms with Crippen molar-refractivity contribution in [3.63, 3.8) is 0 Å². The molecule has 0 heterocycles. The Kier molecular flexibility index (Phi) is 3.74. The van der Waals surface area contributed by atoms with Crippen molar-refractivity contribution in [1.82, 2.24) is 0 Å². The molecular formula is C14H19ClN2O2. The molecule has 0 bridgehead atoms. The van der Waals surface area contributed by atoms with E-state index in [0.29, 0.717) is 16.6 Å². The minimum absolute atomic E-state index is 0.210. The molecule has 0 radical (unpaired) electrons. The first kappa shape index (κ1) is 14.2. The Balaban J connectivity index is 2.02. The Morgan fingerprint density at radius 2 is 2.11 bits per heavy atom. The van der Waals surface area contributed by atoms with Gasteiger partial charge in [-0.25, -0.2) is 4.79 Å². The molecule has 0 unspecified atom stereocenters. The van der Waals surface area contributed by atoms with Crippen LogP contribution in [0.1, 0.15) is 38.7 Å². The highest BCUT2D eigenvalue weighted by molar-refractivity contribution is 6.31. The maximum absolute atomic E-state index is 11.6.